The Kier molecular flexibility index (Phi) is 8.74. The van der Waals surface area contributed by atoms with E-state index in [1.54, 1.807) is 30.6 Å². The van der Waals surface area contributed by atoms with Gasteiger partial charge in [0.25, 0.3) is 0 Å². The molecule has 1 N–H and O–H groups in total. The van der Waals surface area contributed by atoms with Crippen LogP contribution in [0.15, 0.2) is 39.8 Å². The second kappa shape index (κ2) is 12.4. The van der Waals surface area contributed by atoms with Gasteiger partial charge in [-0.3, -0.25) is 19.4 Å². The molecule has 0 saturated heterocycles. The topological polar surface area (TPSA) is 151 Å². The van der Waals surface area contributed by atoms with Crippen LogP contribution in [0.25, 0.3) is 11.3 Å². The quantitative estimate of drug-likeness (QED) is 0.319. The Balaban J connectivity index is 1.48. The minimum Gasteiger partial charge on any atom is -0.482 e. The highest BCUT2D eigenvalue weighted by Gasteiger charge is 2.71. The van der Waals surface area contributed by atoms with Gasteiger partial charge >= 0.3 is 23.5 Å². The van der Waals surface area contributed by atoms with Crippen LogP contribution in [0.1, 0.15) is 97.7 Å². The lowest BCUT2D eigenvalue weighted by atomic mass is 9.42. The van der Waals surface area contributed by atoms with Crippen molar-refractivity contribution < 1.29 is 42.9 Å². The number of esters is 3. The summed E-state index contributed by atoms with van der Waals surface area (Å²) in [4.78, 5) is 55.9. The lowest BCUT2D eigenvalue weighted by Crippen LogP contribution is -2.71. The second-order valence-electron chi connectivity index (χ2n) is 14.6. The number of pyridine rings is 1. The SMILES string of the molecule is CC(=O)OC[C@@]1(C)[C@@H]2C[C@H](OC(=O)C3CCCCC3)[C@@]3(C)Oc4cc(-c5cccnc5)oc(=O)c4[C@H](O)[C@@H]3[C@@]2(C)CC[C@@H]1OC(C)=O. The van der Waals surface area contributed by atoms with Crippen LogP contribution < -0.4 is 10.4 Å². The maximum atomic E-state index is 13.8. The Morgan fingerprint density at radius 3 is 2.43 bits per heavy atom. The molecule has 3 fully saturated rings. The summed E-state index contributed by atoms with van der Waals surface area (Å²) in [6.45, 7) is 8.45. The lowest BCUT2D eigenvalue weighted by Gasteiger charge is -2.66. The van der Waals surface area contributed by atoms with Crippen LogP contribution >= 0.6 is 0 Å². The highest BCUT2D eigenvalue weighted by Crippen LogP contribution is 2.67. The molecule has 0 unspecified atom stereocenters. The van der Waals surface area contributed by atoms with Gasteiger partial charge in [-0.05, 0) is 62.5 Å². The average molecular weight is 652 g/mol. The first-order chi connectivity index (χ1) is 22.3. The molecule has 8 atom stereocenters. The number of carbonyl (C=O) groups is 3. The summed E-state index contributed by atoms with van der Waals surface area (Å²) in [5.41, 5.74) is -3.05. The number of ether oxygens (including phenoxy) is 4. The number of carbonyl (C=O) groups excluding carboxylic acids is 3. The van der Waals surface area contributed by atoms with Crippen molar-refractivity contribution in [3.05, 3.63) is 46.6 Å². The molecule has 0 bridgehead atoms. The Hall–Kier alpha value is -3.73. The highest BCUT2D eigenvalue weighted by molar-refractivity contribution is 5.73. The molecule has 3 aliphatic carbocycles. The molecule has 0 aromatic carbocycles. The standard InChI is InChI=1S/C36H45NO10/c1-20(38)43-19-35(4)26-17-28(46-32(41)22-10-7-6-8-11-22)36(5)31(34(26,3)14-13-27(35)44-21(2)39)30(40)29-25(47-36)16-24(45-33(29)42)23-12-9-15-37-18-23/h9,12,15-16,18,22,26-28,30-31,40H,6-8,10-11,13-14,17,19H2,1-5H3/t26-,27+,28+,30+,31-,34+,35+,36-/m1/s1. The number of aromatic nitrogens is 1. The van der Waals surface area contributed by atoms with Gasteiger partial charge in [-0.25, -0.2) is 4.79 Å². The van der Waals surface area contributed by atoms with E-state index in [0.717, 1.165) is 32.1 Å². The molecule has 4 aliphatic rings. The first-order valence-corrected chi connectivity index (χ1v) is 16.7. The normalized spacial score (nSPS) is 34.9. The molecular formula is C36H45NO10. The number of hydrogen-bond acceptors (Lipinski definition) is 11. The van der Waals surface area contributed by atoms with Gasteiger partial charge in [0.05, 0.1) is 12.0 Å². The highest BCUT2D eigenvalue weighted by atomic mass is 16.6. The molecule has 2 aromatic heterocycles. The maximum absolute atomic E-state index is 13.8. The van der Waals surface area contributed by atoms with Crippen LogP contribution in [-0.2, 0) is 28.6 Å². The van der Waals surface area contributed by atoms with Gasteiger partial charge in [-0.1, -0.05) is 33.1 Å². The summed E-state index contributed by atoms with van der Waals surface area (Å²) >= 11 is 0. The summed E-state index contributed by atoms with van der Waals surface area (Å²) in [6, 6.07) is 5.08. The number of nitrogens with zero attached hydrogens (tertiary/aromatic N) is 1. The van der Waals surface area contributed by atoms with E-state index in [-0.39, 0.29) is 41.5 Å². The molecule has 11 nitrogen and oxygen atoms in total. The zero-order valence-corrected chi connectivity index (χ0v) is 27.8. The monoisotopic (exact) mass is 651 g/mol. The van der Waals surface area contributed by atoms with Crippen LogP contribution in [0.4, 0.5) is 0 Å². The molecular weight excluding hydrogens is 606 g/mol. The van der Waals surface area contributed by atoms with E-state index in [9.17, 15) is 24.3 Å². The number of hydrogen-bond donors (Lipinski definition) is 1. The Labute approximate surface area is 274 Å². The zero-order chi connectivity index (χ0) is 33.7. The molecule has 0 spiro atoms. The van der Waals surface area contributed by atoms with Crippen molar-refractivity contribution >= 4 is 17.9 Å². The van der Waals surface area contributed by atoms with Gasteiger partial charge in [0.1, 0.15) is 41.5 Å². The van der Waals surface area contributed by atoms with Gasteiger partial charge < -0.3 is 28.5 Å². The van der Waals surface area contributed by atoms with Crippen LogP contribution in [0.2, 0.25) is 0 Å². The van der Waals surface area contributed by atoms with Crippen LogP contribution in [0.5, 0.6) is 5.75 Å². The molecule has 254 valence electrons. The molecule has 2 aromatic rings. The largest absolute Gasteiger partial charge is 0.482 e. The molecule has 0 radical (unpaired) electrons. The Morgan fingerprint density at radius 1 is 1.02 bits per heavy atom. The van der Waals surface area contributed by atoms with Gasteiger partial charge in [-0.15, -0.1) is 0 Å². The van der Waals surface area contributed by atoms with E-state index in [4.69, 9.17) is 23.4 Å². The van der Waals surface area contributed by atoms with Crippen molar-refractivity contribution in [2.45, 2.75) is 110 Å². The first kappa shape index (κ1) is 33.2. The third kappa shape index (κ3) is 5.74. The summed E-state index contributed by atoms with van der Waals surface area (Å²) in [5, 5.41) is 12.3. The number of fused-ring (bicyclic) bond motifs is 4. The van der Waals surface area contributed by atoms with Crippen molar-refractivity contribution in [1.82, 2.24) is 4.98 Å². The molecule has 0 amide bonds. The fourth-order valence-corrected chi connectivity index (χ4v) is 9.41. The molecule has 6 rings (SSSR count). The average Bonchev–Trinajstić information content (AvgIpc) is 3.03. The summed E-state index contributed by atoms with van der Waals surface area (Å²) in [6.07, 6.45) is 6.10. The maximum Gasteiger partial charge on any atom is 0.345 e. The van der Waals surface area contributed by atoms with Crippen molar-refractivity contribution in [1.29, 1.82) is 0 Å². The molecule has 3 heterocycles. The van der Waals surface area contributed by atoms with Gasteiger partial charge in [-0.2, -0.15) is 0 Å². The van der Waals surface area contributed by atoms with E-state index in [1.807, 2.05) is 20.8 Å². The van der Waals surface area contributed by atoms with Gasteiger partial charge in [0, 0.05) is 49.2 Å². The van der Waals surface area contributed by atoms with E-state index >= 15 is 0 Å². The summed E-state index contributed by atoms with van der Waals surface area (Å²) < 4.78 is 30.5. The van der Waals surface area contributed by atoms with Crippen LogP contribution in [0, 0.1) is 28.6 Å². The zero-order valence-electron chi connectivity index (χ0n) is 27.8. The number of rotatable bonds is 6. The third-order valence-corrected chi connectivity index (χ3v) is 11.6. The van der Waals surface area contributed by atoms with Gasteiger partial charge in [0.2, 0.25) is 0 Å². The fourth-order valence-electron chi connectivity index (χ4n) is 9.41. The predicted molar refractivity (Wildman–Crippen MR) is 168 cm³/mol. The molecule has 3 saturated carbocycles. The second-order valence-corrected chi connectivity index (χ2v) is 14.6. The molecule has 1 aliphatic heterocycles. The van der Waals surface area contributed by atoms with Crippen LogP contribution in [-0.4, -0.2) is 52.4 Å². The predicted octanol–water partition coefficient (Wildman–Crippen LogP) is 5.32. The van der Waals surface area contributed by atoms with E-state index in [0.29, 0.717) is 24.8 Å². The number of aliphatic hydroxyl groups excluding tert-OH is 1. The fraction of sp³-hybridized carbons (Fsp3) is 0.639. The minimum absolute atomic E-state index is 0.00291. The van der Waals surface area contributed by atoms with Crippen molar-refractivity contribution in [2.24, 2.45) is 28.6 Å². The minimum atomic E-state index is -1.34. The lowest BCUT2D eigenvalue weighted by molar-refractivity contribution is -0.272. The van der Waals surface area contributed by atoms with Crippen LogP contribution in [0.3, 0.4) is 0 Å². The third-order valence-electron chi connectivity index (χ3n) is 11.6. The number of aliphatic hydroxyl groups is 1. The van der Waals surface area contributed by atoms with E-state index in [1.165, 1.54) is 13.8 Å². The molecule has 47 heavy (non-hydrogen) atoms. The van der Waals surface area contributed by atoms with Crippen molar-refractivity contribution in [3.63, 3.8) is 0 Å². The van der Waals surface area contributed by atoms with E-state index < -0.39 is 58.2 Å². The first-order valence-electron chi connectivity index (χ1n) is 16.7. The Bertz CT molecular complexity index is 1580. The van der Waals surface area contributed by atoms with Crippen molar-refractivity contribution in [3.8, 4) is 17.1 Å². The molecule has 11 heteroatoms. The smallest absolute Gasteiger partial charge is 0.345 e. The Morgan fingerprint density at radius 2 is 1.77 bits per heavy atom. The summed E-state index contributed by atoms with van der Waals surface area (Å²) in [7, 11) is 0. The summed E-state index contributed by atoms with van der Waals surface area (Å²) in [5.74, 6) is -2.19. The van der Waals surface area contributed by atoms with E-state index in [2.05, 4.69) is 4.98 Å². The van der Waals surface area contributed by atoms with Crippen molar-refractivity contribution in [2.75, 3.05) is 6.61 Å². The van der Waals surface area contributed by atoms with Gasteiger partial charge in [0.15, 0.2) is 0 Å².